The van der Waals surface area contributed by atoms with Crippen molar-refractivity contribution in [2.75, 3.05) is 11.5 Å². The number of amides is 4. The van der Waals surface area contributed by atoms with Crippen LogP contribution in [0.1, 0.15) is 30.9 Å². The largest absolute Gasteiger partial charge is 0.494 e. The van der Waals surface area contributed by atoms with Crippen molar-refractivity contribution in [3.63, 3.8) is 0 Å². The third-order valence-corrected chi connectivity index (χ3v) is 6.03. The lowest BCUT2D eigenvalue weighted by Gasteiger charge is -2.26. The van der Waals surface area contributed by atoms with Crippen LogP contribution in [0.15, 0.2) is 72.3 Å². The van der Waals surface area contributed by atoms with Crippen LogP contribution in [0.5, 0.6) is 11.5 Å². The van der Waals surface area contributed by atoms with Gasteiger partial charge in [0.2, 0.25) is 0 Å². The summed E-state index contributed by atoms with van der Waals surface area (Å²) in [6, 6.07) is 17.7. The summed E-state index contributed by atoms with van der Waals surface area (Å²) in [5.74, 6) is -0.550. The molecule has 1 N–H and O–H groups in total. The van der Waals surface area contributed by atoms with Gasteiger partial charge >= 0.3 is 6.03 Å². The second-order valence-corrected chi connectivity index (χ2v) is 9.12. The fourth-order valence-electron chi connectivity index (χ4n) is 3.58. The van der Waals surface area contributed by atoms with Crippen molar-refractivity contribution >= 4 is 52.8 Å². The summed E-state index contributed by atoms with van der Waals surface area (Å²) in [6.07, 6.45) is 3.28. The first kappa shape index (κ1) is 26.3. The minimum absolute atomic E-state index is 0.229. The molecular formula is C28H24Cl2N2O5. The Labute approximate surface area is 224 Å². The fourth-order valence-corrected chi connectivity index (χ4v) is 3.89. The van der Waals surface area contributed by atoms with Crippen molar-refractivity contribution in [1.29, 1.82) is 0 Å². The molecule has 3 aromatic rings. The Kier molecular flexibility index (Phi) is 8.48. The molecule has 0 bridgehead atoms. The summed E-state index contributed by atoms with van der Waals surface area (Å²) in [4.78, 5) is 39.4. The maximum absolute atomic E-state index is 13.3. The van der Waals surface area contributed by atoms with Crippen molar-refractivity contribution in [2.24, 2.45) is 0 Å². The summed E-state index contributed by atoms with van der Waals surface area (Å²) < 4.78 is 11.6. The first-order valence-corrected chi connectivity index (χ1v) is 12.4. The number of benzene rings is 3. The van der Waals surface area contributed by atoms with Crippen LogP contribution in [-0.2, 0) is 16.2 Å². The zero-order chi connectivity index (χ0) is 26.4. The molecule has 1 saturated heterocycles. The zero-order valence-corrected chi connectivity index (χ0v) is 21.5. The molecule has 190 valence electrons. The first-order chi connectivity index (χ1) is 17.9. The number of anilines is 1. The van der Waals surface area contributed by atoms with Gasteiger partial charge in [0.05, 0.1) is 12.3 Å². The number of halogens is 2. The van der Waals surface area contributed by atoms with Gasteiger partial charge in [-0.1, -0.05) is 48.7 Å². The maximum atomic E-state index is 13.3. The molecule has 1 fully saturated rings. The number of unbranched alkanes of at least 4 members (excludes halogenated alkanes) is 1. The molecule has 0 atom stereocenters. The Hall–Kier alpha value is -3.81. The summed E-state index contributed by atoms with van der Waals surface area (Å²) in [5, 5.41) is 3.22. The van der Waals surface area contributed by atoms with Gasteiger partial charge in [0, 0.05) is 15.6 Å². The number of hydrogen-bond acceptors (Lipinski definition) is 5. The molecular weight excluding hydrogens is 515 g/mol. The Morgan fingerprint density at radius 2 is 1.59 bits per heavy atom. The lowest BCUT2D eigenvalue weighted by Crippen LogP contribution is -2.54. The van der Waals surface area contributed by atoms with Crippen LogP contribution in [0, 0.1) is 0 Å². The van der Waals surface area contributed by atoms with Gasteiger partial charge in [0.25, 0.3) is 11.8 Å². The Bertz CT molecular complexity index is 1340. The van der Waals surface area contributed by atoms with E-state index >= 15 is 0 Å². The van der Waals surface area contributed by atoms with Gasteiger partial charge in [0.15, 0.2) is 0 Å². The molecule has 1 aliphatic rings. The smallest absolute Gasteiger partial charge is 0.335 e. The minimum atomic E-state index is -0.836. The molecule has 1 heterocycles. The minimum Gasteiger partial charge on any atom is -0.494 e. The van der Waals surface area contributed by atoms with Crippen molar-refractivity contribution in [3.8, 4) is 11.5 Å². The number of rotatable bonds is 9. The SMILES string of the molecule is CCCCOc1ccc(N2C(=O)NC(=O)/C(=C/c3cc(Cl)ccc3OCc3ccc(Cl)cc3)C2=O)cc1. The van der Waals surface area contributed by atoms with Gasteiger partial charge in [-0.15, -0.1) is 0 Å². The first-order valence-electron chi connectivity index (χ1n) is 11.7. The fraction of sp³-hybridized carbons (Fsp3) is 0.179. The van der Waals surface area contributed by atoms with E-state index in [4.69, 9.17) is 32.7 Å². The number of carbonyl (C=O) groups is 3. The van der Waals surface area contributed by atoms with Crippen LogP contribution < -0.4 is 19.7 Å². The van der Waals surface area contributed by atoms with Gasteiger partial charge in [-0.3, -0.25) is 14.9 Å². The number of nitrogens with one attached hydrogen (secondary N) is 1. The molecule has 0 radical (unpaired) electrons. The quantitative estimate of drug-likeness (QED) is 0.193. The van der Waals surface area contributed by atoms with Crippen molar-refractivity contribution in [2.45, 2.75) is 26.4 Å². The van der Waals surface area contributed by atoms with Crippen molar-refractivity contribution < 1.29 is 23.9 Å². The van der Waals surface area contributed by atoms with Crippen LogP contribution in [0.2, 0.25) is 10.0 Å². The van der Waals surface area contributed by atoms with E-state index in [9.17, 15) is 14.4 Å². The van der Waals surface area contributed by atoms with E-state index in [1.807, 2.05) is 12.1 Å². The Balaban J connectivity index is 1.59. The second kappa shape index (κ2) is 12.0. The van der Waals surface area contributed by atoms with Crippen molar-refractivity contribution in [1.82, 2.24) is 5.32 Å². The zero-order valence-electron chi connectivity index (χ0n) is 20.0. The standard InChI is InChI=1S/C28H24Cl2N2O5/c1-2-3-14-36-23-11-9-22(10-12-23)32-27(34)24(26(33)31-28(32)35)16-19-15-21(30)8-13-25(19)37-17-18-4-6-20(29)7-5-18/h4-13,15-16H,2-3,14,17H2,1H3,(H,31,33,35)/b24-16-. The van der Waals surface area contributed by atoms with Crippen LogP contribution in [0.3, 0.4) is 0 Å². The van der Waals surface area contributed by atoms with Crippen LogP contribution in [0.25, 0.3) is 6.08 Å². The highest BCUT2D eigenvalue weighted by atomic mass is 35.5. The Morgan fingerprint density at radius 3 is 2.30 bits per heavy atom. The highest BCUT2D eigenvalue weighted by molar-refractivity contribution is 6.39. The molecule has 9 heteroatoms. The topological polar surface area (TPSA) is 84.9 Å². The number of imide groups is 2. The lowest BCUT2D eigenvalue weighted by atomic mass is 10.1. The van der Waals surface area contributed by atoms with Gasteiger partial charge < -0.3 is 9.47 Å². The number of urea groups is 1. The number of carbonyl (C=O) groups excluding carboxylic acids is 3. The summed E-state index contributed by atoms with van der Waals surface area (Å²) in [5.41, 5.74) is 1.35. The number of nitrogens with zero attached hydrogens (tertiary/aromatic N) is 1. The second-order valence-electron chi connectivity index (χ2n) is 8.25. The van der Waals surface area contributed by atoms with E-state index < -0.39 is 17.8 Å². The van der Waals surface area contributed by atoms with E-state index in [1.165, 1.54) is 6.08 Å². The highest BCUT2D eigenvalue weighted by Crippen LogP contribution is 2.29. The van der Waals surface area contributed by atoms with Gasteiger partial charge in [-0.05, 0) is 72.7 Å². The van der Waals surface area contributed by atoms with Crippen LogP contribution in [0.4, 0.5) is 10.5 Å². The lowest BCUT2D eigenvalue weighted by molar-refractivity contribution is -0.122. The number of barbiturate groups is 1. The molecule has 3 aromatic carbocycles. The average Bonchev–Trinajstić information content (AvgIpc) is 2.88. The third kappa shape index (κ3) is 6.50. The van der Waals surface area contributed by atoms with Crippen molar-refractivity contribution in [3.05, 3.63) is 93.5 Å². The van der Waals surface area contributed by atoms with E-state index in [0.29, 0.717) is 39.4 Å². The number of ether oxygens (including phenoxy) is 2. The molecule has 0 saturated carbocycles. The molecule has 37 heavy (non-hydrogen) atoms. The highest BCUT2D eigenvalue weighted by Gasteiger charge is 2.37. The Morgan fingerprint density at radius 1 is 0.892 bits per heavy atom. The number of hydrogen-bond donors (Lipinski definition) is 1. The summed E-state index contributed by atoms with van der Waals surface area (Å²) in [7, 11) is 0. The molecule has 0 aromatic heterocycles. The predicted molar refractivity (Wildman–Crippen MR) is 143 cm³/mol. The summed E-state index contributed by atoms with van der Waals surface area (Å²) >= 11 is 12.1. The maximum Gasteiger partial charge on any atom is 0.335 e. The van der Waals surface area contributed by atoms with Crippen LogP contribution >= 0.6 is 23.2 Å². The monoisotopic (exact) mass is 538 g/mol. The van der Waals surface area contributed by atoms with E-state index in [-0.39, 0.29) is 12.2 Å². The van der Waals surface area contributed by atoms with Gasteiger partial charge in [-0.25, -0.2) is 9.69 Å². The van der Waals surface area contributed by atoms with Gasteiger partial charge in [0.1, 0.15) is 23.7 Å². The molecule has 4 amide bonds. The van der Waals surface area contributed by atoms with Gasteiger partial charge in [-0.2, -0.15) is 0 Å². The molecule has 0 spiro atoms. The normalized spacial score (nSPS) is 14.6. The third-order valence-electron chi connectivity index (χ3n) is 5.54. The van der Waals surface area contributed by atoms with E-state index in [2.05, 4.69) is 12.2 Å². The molecule has 7 nitrogen and oxygen atoms in total. The molecule has 1 aliphatic heterocycles. The summed E-state index contributed by atoms with van der Waals surface area (Å²) in [6.45, 7) is 2.87. The molecule has 4 rings (SSSR count). The average molecular weight is 539 g/mol. The predicted octanol–water partition coefficient (Wildman–Crippen LogP) is 6.42. The van der Waals surface area contributed by atoms with Crippen LogP contribution in [-0.4, -0.2) is 24.5 Å². The molecule has 0 aliphatic carbocycles. The van der Waals surface area contributed by atoms with E-state index in [1.54, 1.807) is 54.6 Å². The van der Waals surface area contributed by atoms with E-state index in [0.717, 1.165) is 23.3 Å². The molecule has 0 unspecified atom stereocenters.